The first-order valence-electron chi connectivity index (χ1n) is 15.3. The third-order valence-electron chi connectivity index (χ3n) is 9.07. The van der Waals surface area contributed by atoms with Crippen molar-refractivity contribution in [3.05, 3.63) is 81.2 Å². The highest BCUT2D eigenvalue weighted by atomic mass is 35.5. The highest BCUT2D eigenvalue weighted by Gasteiger charge is 2.47. The van der Waals surface area contributed by atoms with E-state index in [0.717, 1.165) is 44.3 Å². The minimum Gasteiger partial charge on any atom is -0.451 e. The number of halogens is 1. The average molecular weight is 592 g/mol. The molecule has 3 aromatic rings. The molecule has 7 nitrogen and oxygen atoms in total. The SMILES string of the molecule is CC(C)NC(=O)C1(C2CCCCC2)CCN(CC(Cc2ccc(Cl)cc2)NC(=O)c2cc(=O)c3ccccc3o2)CC1. The number of piperidine rings is 1. The molecule has 2 N–H and O–H groups in total. The standard InChI is InChI=1S/C34H42ClN3O4/c1-23(2)36-33(41)34(25-8-4-3-5-9-25)16-18-38(19-17-34)22-27(20-24-12-14-26(35)15-13-24)37-32(40)31-21-29(39)28-10-6-7-11-30(28)42-31/h6-7,10-15,21,23,25,27H,3-5,8-9,16-20,22H2,1-2H3,(H,36,41)(H,37,40). The molecule has 42 heavy (non-hydrogen) atoms. The summed E-state index contributed by atoms with van der Waals surface area (Å²) in [5.74, 6) is 0.218. The molecule has 2 aliphatic rings. The molecule has 0 spiro atoms. The number of carbonyl (C=O) groups is 2. The number of para-hydroxylation sites is 1. The van der Waals surface area contributed by atoms with Crippen molar-refractivity contribution >= 4 is 34.4 Å². The molecule has 2 heterocycles. The maximum absolute atomic E-state index is 13.6. The number of carbonyl (C=O) groups excluding carboxylic acids is 2. The predicted octanol–water partition coefficient (Wildman–Crippen LogP) is 5.97. The third kappa shape index (κ3) is 7.07. The van der Waals surface area contributed by atoms with Crippen LogP contribution in [0.25, 0.3) is 11.0 Å². The van der Waals surface area contributed by atoms with Crippen LogP contribution in [0.3, 0.4) is 0 Å². The van der Waals surface area contributed by atoms with Gasteiger partial charge in [0.1, 0.15) is 5.58 Å². The molecular weight excluding hydrogens is 550 g/mol. The Balaban J connectivity index is 1.32. The van der Waals surface area contributed by atoms with E-state index < -0.39 is 5.91 Å². The van der Waals surface area contributed by atoms with Gasteiger partial charge in [-0.3, -0.25) is 14.4 Å². The van der Waals surface area contributed by atoms with Crippen LogP contribution in [0.15, 0.2) is 63.8 Å². The van der Waals surface area contributed by atoms with E-state index in [1.165, 1.54) is 25.3 Å². The van der Waals surface area contributed by atoms with Crippen LogP contribution in [-0.2, 0) is 11.2 Å². The van der Waals surface area contributed by atoms with E-state index >= 15 is 0 Å². The molecule has 8 heteroatoms. The van der Waals surface area contributed by atoms with Crippen LogP contribution in [0.2, 0.25) is 5.02 Å². The maximum Gasteiger partial charge on any atom is 0.287 e. The van der Waals surface area contributed by atoms with E-state index in [2.05, 4.69) is 15.5 Å². The number of rotatable bonds is 9. The lowest BCUT2D eigenvalue weighted by Gasteiger charge is -2.47. The maximum atomic E-state index is 13.6. The number of hydrogen-bond donors (Lipinski definition) is 2. The lowest BCUT2D eigenvalue weighted by Crippen LogP contribution is -2.56. The summed E-state index contributed by atoms with van der Waals surface area (Å²) in [5, 5.41) is 7.49. The van der Waals surface area contributed by atoms with Gasteiger partial charge >= 0.3 is 0 Å². The van der Waals surface area contributed by atoms with Crippen LogP contribution < -0.4 is 16.1 Å². The summed E-state index contributed by atoms with van der Waals surface area (Å²) >= 11 is 6.13. The Labute approximate surface area is 253 Å². The Morgan fingerprint density at radius 3 is 2.38 bits per heavy atom. The van der Waals surface area contributed by atoms with E-state index in [-0.39, 0.29) is 34.6 Å². The van der Waals surface area contributed by atoms with Crippen molar-refractivity contribution < 1.29 is 14.0 Å². The van der Waals surface area contributed by atoms with Crippen LogP contribution in [0.1, 0.15) is 74.9 Å². The van der Waals surface area contributed by atoms with E-state index in [1.54, 1.807) is 24.3 Å². The molecule has 1 aromatic heterocycles. The van der Waals surface area contributed by atoms with E-state index in [0.29, 0.717) is 34.9 Å². The first-order chi connectivity index (χ1) is 20.2. The number of hydrogen-bond acceptors (Lipinski definition) is 5. The molecule has 2 amide bonds. The molecule has 1 aliphatic heterocycles. The lowest BCUT2D eigenvalue weighted by molar-refractivity contribution is -0.140. The van der Waals surface area contributed by atoms with Crippen molar-refractivity contribution in [1.29, 1.82) is 0 Å². The minimum absolute atomic E-state index is 0.000113. The van der Waals surface area contributed by atoms with Crippen LogP contribution in [0, 0.1) is 11.3 Å². The largest absolute Gasteiger partial charge is 0.451 e. The van der Waals surface area contributed by atoms with E-state index in [4.69, 9.17) is 16.0 Å². The second kappa shape index (κ2) is 13.4. The Bertz CT molecular complexity index is 1440. The predicted molar refractivity (Wildman–Crippen MR) is 167 cm³/mol. The quantitative estimate of drug-likeness (QED) is 0.320. The average Bonchev–Trinajstić information content (AvgIpc) is 2.99. The fraction of sp³-hybridized carbons (Fsp3) is 0.500. The summed E-state index contributed by atoms with van der Waals surface area (Å²) in [6, 6.07) is 15.7. The number of fused-ring (bicyclic) bond motifs is 1. The van der Waals surface area contributed by atoms with Gasteiger partial charge in [0.2, 0.25) is 5.91 Å². The third-order valence-corrected chi connectivity index (χ3v) is 9.33. The smallest absolute Gasteiger partial charge is 0.287 e. The Morgan fingerprint density at radius 1 is 1.00 bits per heavy atom. The van der Waals surface area contributed by atoms with Gasteiger partial charge in [0.15, 0.2) is 11.2 Å². The first kappa shape index (κ1) is 30.3. The minimum atomic E-state index is -0.415. The zero-order valence-electron chi connectivity index (χ0n) is 24.7. The highest BCUT2D eigenvalue weighted by molar-refractivity contribution is 6.30. The summed E-state index contributed by atoms with van der Waals surface area (Å²) in [4.78, 5) is 42.0. The monoisotopic (exact) mass is 591 g/mol. The first-order valence-corrected chi connectivity index (χ1v) is 15.7. The van der Waals surface area contributed by atoms with Gasteiger partial charge in [-0.1, -0.05) is 55.1 Å². The normalized spacial score (nSPS) is 18.6. The molecule has 0 bridgehead atoms. The molecule has 224 valence electrons. The van der Waals surface area contributed by atoms with Gasteiger partial charge < -0.3 is 20.0 Å². The van der Waals surface area contributed by atoms with Crippen molar-refractivity contribution in [3.8, 4) is 0 Å². The molecule has 1 saturated heterocycles. The van der Waals surface area contributed by atoms with Crippen molar-refractivity contribution in [1.82, 2.24) is 15.5 Å². The van der Waals surface area contributed by atoms with Gasteiger partial charge in [-0.15, -0.1) is 0 Å². The van der Waals surface area contributed by atoms with Crippen molar-refractivity contribution in [2.75, 3.05) is 19.6 Å². The molecule has 0 radical (unpaired) electrons. The molecule has 2 fully saturated rings. The molecule has 1 saturated carbocycles. The van der Waals surface area contributed by atoms with Gasteiger partial charge in [0.25, 0.3) is 5.91 Å². The van der Waals surface area contributed by atoms with Crippen LogP contribution in [-0.4, -0.2) is 48.4 Å². The van der Waals surface area contributed by atoms with E-state index in [9.17, 15) is 14.4 Å². The number of benzene rings is 2. The van der Waals surface area contributed by atoms with Crippen LogP contribution in [0.4, 0.5) is 0 Å². The summed E-state index contributed by atoms with van der Waals surface area (Å²) in [6.07, 6.45) is 8.13. The Morgan fingerprint density at radius 2 is 1.69 bits per heavy atom. The van der Waals surface area contributed by atoms with Crippen molar-refractivity contribution in [2.45, 2.75) is 77.3 Å². The van der Waals surface area contributed by atoms with E-state index in [1.807, 2.05) is 38.1 Å². The van der Waals surface area contributed by atoms with Crippen LogP contribution >= 0.6 is 11.6 Å². The summed E-state index contributed by atoms with van der Waals surface area (Å²) in [7, 11) is 0. The molecule has 1 atom stereocenters. The lowest BCUT2D eigenvalue weighted by atomic mass is 9.63. The summed E-state index contributed by atoms with van der Waals surface area (Å²) in [5.41, 5.74) is 0.865. The summed E-state index contributed by atoms with van der Waals surface area (Å²) in [6.45, 7) is 6.27. The molecule has 2 aromatic carbocycles. The summed E-state index contributed by atoms with van der Waals surface area (Å²) < 4.78 is 5.83. The van der Waals surface area contributed by atoms with Gasteiger partial charge in [-0.05, 0) is 94.8 Å². The fourth-order valence-electron chi connectivity index (χ4n) is 6.87. The molecular formula is C34H42ClN3O4. The fourth-order valence-corrected chi connectivity index (χ4v) is 6.99. The van der Waals surface area contributed by atoms with Crippen LogP contribution in [0.5, 0.6) is 0 Å². The van der Waals surface area contributed by atoms with Gasteiger partial charge in [0, 0.05) is 29.7 Å². The molecule has 1 unspecified atom stereocenters. The Hall–Kier alpha value is -3.16. The number of likely N-dealkylation sites (tertiary alicyclic amines) is 1. The van der Waals surface area contributed by atoms with Crippen molar-refractivity contribution in [3.63, 3.8) is 0 Å². The number of amides is 2. The van der Waals surface area contributed by atoms with Gasteiger partial charge in [-0.25, -0.2) is 0 Å². The second-order valence-corrected chi connectivity index (χ2v) is 12.8. The zero-order valence-corrected chi connectivity index (χ0v) is 25.4. The van der Waals surface area contributed by atoms with Crippen molar-refractivity contribution in [2.24, 2.45) is 11.3 Å². The molecule has 5 rings (SSSR count). The van der Waals surface area contributed by atoms with Gasteiger partial charge in [-0.2, -0.15) is 0 Å². The number of nitrogens with one attached hydrogen (secondary N) is 2. The topological polar surface area (TPSA) is 91.7 Å². The highest BCUT2D eigenvalue weighted by Crippen LogP contribution is 2.46. The Kier molecular flexibility index (Phi) is 9.69. The number of nitrogens with zero attached hydrogens (tertiary/aromatic N) is 1. The van der Waals surface area contributed by atoms with Gasteiger partial charge in [0.05, 0.1) is 10.8 Å². The molecule has 1 aliphatic carbocycles. The second-order valence-electron chi connectivity index (χ2n) is 12.4. The zero-order chi connectivity index (χ0) is 29.7.